The van der Waals surface area contributed by atoms with Gasteiger partial charge in [0.2, 0.25) is 0 Å². The molecule has 0 amide bonds. The van der Waals surface area contributed by atoms with Crippen molar-refractivity contribution in [3.8, 4) is 6.07 Å². The molecular weight excluding hydrogens is 170 g/mol. The molecule has 2 N–H and O–H groups in total. The van der Waals surface area contributed by atoms with Gasteiger partial charge in [-0.1, -0.05) is 0 Å². The van der Waals surface area contributed by atoms with E-state index >= 15 is 0 Å². The van der Waals surface area contributed by atoms with Crippen molar-refractivity contribution in [3.63, 3.8) is 0 Å². The summed E-state index contributed by atoms with van der Waals surface area (Å²) in [4.78, 5) is 14.8. The largest absolute Gasteiger partial charge is 0.465 e. The molecule has 0 aliphatic heterocycles. The summed E-state index contributed by atoms with van der Waals surface area (Å²) in [7, 11) is 1.22. The number of esters is 1. The van der Waals surface area contributed by atoms with Crippen LogP contribution in [-0.4, -0.2) is 18.1 Å². The number of nitriles is 1. The van der Waals surface area contributed by atoms with Crippen LogP contribution in [0.1, 0.15) is 15.9 Å². The molecule has 5 nitrogen and oxygen atoms in total. The molecule has 1 heterocycles. The highest BCUT2D eigenvalue weighted by Crippen LogP contribution is 2.14. The topological polar surface area (TPSA) is 89.0 Å². The van der Waals surface area contributed by atoms with Crippen molar-refractivity contribution in [1.82, 2.24) is 4.98 Å². The Morgan fingerprint density at radius 2 is 2.46 bits per heavy atom. The number of hydrogen-bond donors (Lipinski definition) is 1. The summed E-state index contributed by atoms with van der Waals surface area (Å²) >= 11 is 0. The van der Waals surface area contributed by atoms with Gasteiger partial charge in [-0.15, -0.1) is 0 Å². The van der Waals surface area contributed by atoms with Gasteiger partial charge in [-0.05, 0) is 6.07 Å². The Bertz CT molecular complexity index is 381. The predicted molar refractivity (Wildman–Crippen MR) is 44.7 cm³/mol. The van der Waals surface area contributed by atoms with E-state index in [1.165, 1.54) is 19.4 Å². The monoisotopic (exact) mass is 177 g/mol. The van der Waals surface area contributed by atoms with Gasteiger partial charge in [-0.3, -0.25) is 0 Å². The second kappa shape index (κ2) is 3.54. The number of methoxy groups -OCH3 is 1. The number of ether oxygens (including phenoxy) is 1. The third kappa shape index (κ3) is 1.56. The lowest BCUT2D eigenvalue weighted by Gasteiger charge is -2.03. The average Bonchev–Trinajstić information content (AvgIpc) is 2.16. The fraction of sp³-hybridized carbons (Fsp3) is 0.125. The van der Waals surface area contributed by atoms with Gasteiger partial charge in [0, 0.05) is 6.20 Å². The van der Waals surface area contributed by atoms with Crippen LogP contribution >= 0.6 is 0 Å². The van der Waals surface area contributed by atoms with Crippen LogP contribution in [0.15, 0.2) is 12.3 Å². The zero-order chi connectivity index (χ0) is 9.84. The third-order valence-corrected chi connectivity index (χ3v) is 1.49. The van der Waals surface area contributed by atoms with Gasteiger partial charge >= 0.3 is 5.97 Å². The number of anilines is 1. The Morgan fingerprint density at radius 3 is 3.00 bits per heavy atom. The molecule has 0 bridgehead atoms. The third-order valence-electron chi connectivity index (χ3n) is 1.49. The van der Waals surface area contributed by atoms with E-state index in [1.54, 1.807) is 0 Å². The normalized spacial score (nSPS) is 8.92. The highest BCUT2D eigenvalue weighted by atomic mass is 16.5. The Hall–Kier alpha value is -2.09. The standard InChI is InChI=1S/C8H7N3O2/c1-13-8(12)6-5(4-9)2-3-11-7(6)10/h2-3H,1H3,(H2,10,11). The average molecular weight is 177 g/mol. The summed E-state index contributed by atoms with van der Waals surface area (Å²) in [6.07, 6.45) is 1.36. The quantitative estimate of drug-likeness (QED) is 0.624. The number of rotatable bonds is 1. The van der Waals surface area contributed by atoms with Gasteiger partial charge in [0.25, 0.3) is 0 Å². The SMILES string of the molecule is COC(=O)c1c(C#N)ccnc1N. The van der Waals surface area contributed by atoms with Gasteiger partial charge in [-0.25, -0.2) is 9.78 Å². The smallest absolute Gasteiger partial charge is 0.342 e. The molecular formula is C8H7N3O2. The van der Waals surface area contributed by atoms with Crippen molar-refractivity contribution < 1.29 is 9.53 Å². The van der Waals surface area contributed by atoms with Gasteiger partial charge in [0.05, 0.1) is 12.7 Å². The number of nitrogens with zero attached hydrogens (tertiary/aromatic N) is 2. The Kier molecular flexibility index (Phi) is 2.45. The number of hydrogen-bond acceptors (Lipinski definition) is 5. The Labute approximate surface area is 74.8 Å². The second-order valence-corrected chi connectivity index (χ2v) is 2.22. The molecule has 0 saturated carbocycles. The number of carbonyl (C=O) groups excluding carboxylic acids is 1. The van der Waals surface area contributed by atoms with Gasteiger partial charge in [-0.2, -0.15) is 5.26 Å². The lowest BCUT2D eigenvalue weighted by atomic mass is 10.1. The lowest BCUT2D eigenvalue weighted by Crippen LogP contribution is -2.09. The van der Waals surface area contributed by atoms with Gasteiger partial charge in [0.15, 0.2) is 0 Å². The van der Waals surface area contributed by atoms with Crippen LogP contribution in [0.5, 0.6) is 0 Å². The molecule has 1 aromatic rings. The van der Waals surface area contributed by atoms with E-state index in [-0.39, 0.29) is 16.9 Å². The zero-order valence-corrected chi connectivity index (χ0v) is 6.94. The summed E-state index contributed by atoms with van der Waals surface area (Å²) < 4.78 is 4.45. The van der Waals surface area contributed by atoms with Crippen LogP contribution in [0.25, 0.3) is 0 Å². The minimum atomic E-state index is -0.651. The number of nitrogens with two attached hydrogens (primary N) is 1. The molecule has 1 aromatic heterocycles. The van der Waals surface area contributed by atoms with Crippen molar-refractivity contribution in [1.29, 1.82) is 5.26 Å². The minimum absolute atomic E-state index is 0.00546. The van der Waals surface area contributed by atoms with E-state index < -0.39 is 5.97 Å². The van der Waals surface area contributed by atoms with E-state index in [0.29, 0.717) is 0 Å². The second-order valence-electron chi connectivity index (χ2n) is 2.22. The van der Waals surface area contributed by atoms with Crippen molar-refractivity contribution in [2.24, 2.45) is 0 Å². The highest BCUT2D eigenvalue weighted by Gasteiger charge is 2.15. The van der Waals surface area contributed by atoms with Crippen LogP contribution < -0.4 is 5.73 Å². The lowest BCUT2D eigenvalue weighted by molar-refractivity contribution is 0.0601. The first-order valence-corrected chi connectivity index (χ1v) is 3.43. The van der Waals surface area contributed by atoms with E-state index in [4.69, 9.17) is 11.0 Å². The van der Waals surface area contributed by atoms with Crippen molar-refractivity contribution >= 4 is 11.8 Å². The molecule has 0 aromatic carbocycles. The zero-order valence-electron chi connectivity index (χ0n) is 6.94. The minimum Gasteiger partial charge on any atom is -0.465 e. The van der Waals surface area contributed by atoms with Crippen LogP contribution in [0.3, 0.4) is 0 Å². The molecule has 13 heavy (non-hydrogen) atoms. The van der Waals surface area contributed by atoms with Gasteiger partial charge in [0.1, 0.15) is 17.5 Å². The molecule has 0 aliphatic rings. The summed E-state index contributed by atoms with van der Waals surface area (Å²) in [5.41, 5.74) is 5.60. The van der Waals surface area contributed by atoms with E-state index in [9.17, 15) is 4.79 Å². The Morgan fingerprint density at radius 1 is 1.77 bits per heavy atom. The maximum absolute atomic E-state index is 11.1. The molecule has 0 aliphatic carbocycles. The first-order chi connectivity index (χ1) is 6.20. The molecule has 0 radical (unpaired) electrons. The van der Waals surface area contributed by atoms with E-state index in [1.807, 2.05) is 6.07 Å². The fourth-order valence-corrected chi connectivity index (χ4v) is 0.888. The predicted octanol–water partition coefficient (Wildman–Crippen LogP) is 0.322. The van der Waals surface area contributed by atoms with Crippen LogP contribution in [0.4, 0.5) is 5.82 Å². The summed E-state index contributed by atoms with van der Waals surface area (Å²) in [6, 6.07) is 3.24. The van der Waals surface area contributed by atoms with Crippen molar-refractivity contribution in [3.05, 3.63) is 23.4 Å². The van der Waals surface area contributed by atoms with Crippen LogP contribution in [0, 0.1) is 11.3 Å². The highest BCUT2D eigenvalue weighted by molar-refractivity contribution is 5.96. The van der Waals surface area contributed by atoms with Crippen molar-refractivity contribution in [2.75, 3.05) is 12.8 Å². The van der Waals surface area contributed by atoms with Crippen molar-refractivity contribution in [2.45, 2.75) is 0 Å². The molecule has 5 heteroatoms. The molecule has 66 valence electrons. The molecule has 0 fully saturated rings. The maximum atomic E-state index is 11.1. The van der Waals surface area contributed by atoms with Gasteiger partial charge < -0.3 is 10.5 Å². The molecule has 0 atom stereocenters. The molecule has 0 unspecified atom stereocenters. The first kappa shape index (κ1) is 9.00. The molecule has 1 rings (SSSR count). The summed E-state index contributed by atoms with van der Waals surface area (Å²) in [5.74, 6) is -0.645. The molecule has 0 saturated heterocycles. The van der Waals surface area contributed by atoms with E-state index in [0.717, 1.165) is 0 Å². The fourth-order valence-electron chi connectivity index (χ4n) is 0.888. The number of carbonyl (C=O) groups is 1. The summed E-state index contributed by atoms with van der Waals surface area (Å²) in [6.45, 7) is 0. The molecule has 0 spiro atoms. The number of nitrogen functional groups attached to an aromatic ring is 1. The number of pyridine rings is 1. The van der Waals surface area contributed by atoms with E-state index in [2.05, 4.69) is 9.72 Å². The summed E-state index contributed by atoms with van der Waals surface area (Å²) in [5, 5.41) is 8.65. The van der Waals surface area contributed by atoms with Crippen LogP contribution in [0.2, 0.25) is 0 Å². The Balaban J connectivity index is 3.33. The first-order valence-electron chi connectivity index (χ1n) is 3.43. The van der Waals surface area contributed by atoms with Crippen LogP contribution in [-0.2, 0) is 4.74 Å². The number of aromatic nitrogens is 1. The maximum Gasteiger partial charge on any atom is 0.342 e.